The van der Waals surface area contributed by atoms with Crippen LogP contribution in [-0.2, 0) is 19.1 Å². The quantitative estimate of drug-likeness (QED) is 0.202. The molecule has 2 aromatic carbocycles. The maximum atomic E-state index is 14.1. The van der Waals surface area contributed by atoms with Crippen LogP contribution in [0.4, 0.5) is 0 Å². The molecule has 0 aliphatic carbocycles. The molecule has 0 spiro atoms. The van der Waals surface area contributed by atoms with Gasteiger partial charge in [-0.15, -0.1) is 0 Å². The van der Waals surface area contributed by atoms with Crippen LogP contribution in [0.2, 0.25) is 10.0 Å². The number of halogens is 2. The summed E-state index contributed by atoms with van der Waals surface area (Å²) in [7, 11) is 0. The van der Waals surface area contributed by atoms with Crippen LogP contribution in [0.3, 0.4) is 0 Å². The molecule has 8 nitrogen and oxygen atoms in total. The van der Waals surface area contributed by atoms with Gasteiger partial charge in [-0.25, -0.2) is 4.99 Å². The number of nitrogens with one attached hydrogen (secondary N) is 1. The molecule has 1 amide bonds. The summed E-state index contributed by atoms with van der Waals surface area (Å²) in [6.45, 7) is 12.5. The first-order valence-corrected chi connectivity index (χ1v) is 14.9. The number of amides is 1. The number of esters is 1. The fourth-order valence-electron chi connectivity index (χ4n) is 4.45. The summed E-state index contributed by atoms with van der Waals surface area (Å²) in [5.74, 6) is 0.0472. The number of carbonyl (C=O) groups excluding carboxylic acids is 2. The van der Waals surface area contributed by atoms with Gasteiger partial charge >= 0.3 is 5.97 Å². The van der Waals surface area contributed by atoms with Crippen molar-refractivity contribution >= 4 is 41.0 Å². The summed E-state index contributed by atoms with van der Waals surface area (Å²) in [4.78, 5) is 31.9. The zero-order valence-corrected chi connectivity index (χ0v) is 26.8. The summed E-state index contributed by atoms with van der Waals surface area (Å²) >= 11 is 12.9. The Balaban J connectivity index is 2.05. The Morgan fingerprint density at radius 1 is 1.07 bits per heavy atom. The van der Waals surface area contributed by atoms with Crippen molar-refractivity contribution in [2.24, 2.45) is 10.4 Å². The first kappa shape index (κ1) is 33.7. The number of rotatable bonds is 12. The molecule has 42 heavy (non-hydrogen) atoms. The normalized spacial score (nSPS) is 18.7. The molecular formula is C32H42Cl2N2O6. The molecule has 0 aromatic heterocycles. The van der Waals surface area contributed by atoms with Gasteiger partial charge in [0.25, 0.3) is 5.91 Å². The SMILES string of the molecule is CC(C)(C)CCNC(=O)[C@]1(CCC(=O)OC(C)(C)C)N=C(c2ccc(OCCCO)cc2)O[C@@H]1c1ccc(Cl)cc1Cl. The van der Waals surface area contributed by atoms with E-state index in [4.69, 9.17) is 47.5 Å². The summed E-state index contributed by atoms with van der Waals surface area (Å²) in [5.41, 5.74) is -1.05. The van der Waals surface area contributed by atoms with E-state index in [1.54, 1.807) is 63.2 Å². The summed E-state index contributed by atoms with van der Waals surface area (Å²) < 4.78 is 17.7. The highest BCUT2D eigenvalue weighted by molar-refractivity contribution is 6.35. The molecule has 0 saturated heterocycles. The number of benzene rings is 2. The van der Waals surface area contributed by atoms with Crippen LogP contribution >= 0.6 is 23.2 Å². The van der Waals surface area contributed by atoms with E-state index >= 15 is 0 Å². The molecule has 0 unspecified atom stereocenters. The number of nitrogens with zero attached hydrogens (tertiary/aromatic N) is 1. The smallest absolute Gasteiger partial charge is 0.306 e. The summed E-state index contributed by atoms with van der Waals surface area (Å²) in [5, 5.41) is 12.8. The van der Waals surface area contributed by atoms with Crippen molar-refractivity contribution in [1.82, 2.24) is 5.32 Å². The van der Waals surface area contributed by atoms with Crippen LogP contribution in [0.1, 0.15) is 84.5 Å². The third-order valence-electron chi connectivity index (χ3n) is 6.57. The number of carbonyl (C=O) groups is 2. The standard InChI is InChI=1S/C32H42Cl2N2O6/c1-30(2,3)16-17-35-29(39)32(15-14-26(38)42-31(4,5)6)27(24-13-10-22(33)20-25(24)34)41-28(36-32)21-8-11-23(12-9-21)40-19-7-18-37/h8-13,20,27,37H,7,14-19H2,1-6H3,(H,35,39)/t27-,32-/m1/s1. The van der Waals surface area contributed by atoms with E-state index in [0.29, 0.717) is 46.5 Å². The second-order valence-corrected chi connectivity index (χ2v) is 13.5. The van der Waals surface area contributed by atoms with E-state index in [2.05, 4.69) is 26.1 Å². The Kier molecular flexibility index (Phi) is 11.3. The molecule has 1 aliphatic heterocycles. The average Bonchev–Trinajstić information content (AvgIpc) is 3.27. The van der Waals surface area contributed by atoms with Crippen LogP contribution in [-0.4, -0.2) is 53.8 Å². The molecule has 0 fully saturated rings. The number of hydrogen-bond acceptors (Lipinski definition) is 7. The van der Waals surface area contributed by atoms with Gasteiger partial charge < -0.3 is 24.6 Å². The molecule has 0 bridgehead atoms. The van der Waals surface area contributed by atoms with Crippen molar-refractivity contribution in [1.29, 1.82) is 0 Å². The lowest BCUT2D eigenvalue weighted by molar-refractivity contribution is -0.155. The first-order chi connectivity index (χ1) is 19.6. The van der Waals surface area contributed by atoms with Crippen molar-refractivity contribution in [3.8, 4) is 5.75 Å². The Bertz CT molecular complexity index is 1270. The fraction of sp³-hybridized carbons (Fsp3) is 0.531. The van der Waals surface area contributed by atoms with E-state index < -0.39 is 23.2 Å². The second kappa shape index (κ2) is 14.1. The Labute approximate surface area is 258 Å². The predicted molar refractivity (Wildman–Crippen MR) is 165 cm³/mol. The molecule has 0 radical (unpaired) electrons. The highest BCUT2D eigenvalue weighted by atomic mass is 35.5. The van der Waals surface area contributed by atoms with E-state index in [0.717, 1.165) is 6.42 Å². The Morgan fingerprint density at radius 2 is 1.76 bits per heavy atom. The zero-order valence-electron chi connectivity index (χ0n) is 25.3. The van der Waals surface area contributed by atoms with E-state index in [1.165, 1.54) is 0 Å². The van der Waals surface area contributed by atoms with Gasteiger partial charge in [0.1, 0.15) is 11.4 Å². The lowest BCUT2D eigenvalue weighted by Crippen LogP contribution is -2.49. The number of ether oxygens (including phenoxy) is 3. The topological polar surface area (TPSA) is 106 Å². The maximum Gasteiger partial charge on any atom is 0.306 e. The van der Waals surface area contributed by atoms with Crippen LogP contribution in [0.25, 0.3) is 0 Å². The van der Waals surface area contributed by atoms with Gasteiger partial charge in [-0.2, -0.15) is 0 Å². The molecule has 1 aliphatic rings. The van der Waals surface area contributed by atoms with E-state index in [1.807, 2.05) is 0 Å². The third kappa shape index (κ3) is 9.35. The van der Waals surface area contributed by atoms with Crippen molar-refractivity contribution in [3.63, 3.8) is 0 Å². The monoisotopic (exact) mass is 620 g/mol. The van der Waals surface area contributed by atoms with E-state index in [-0.39, 0.29) is 36.7 Å². The van der Waals surface area contributed by atoms with Crippen molar-refractivity contribution in [2.75, 3.05) is 19.8 Å². The predicted octanol–water partition coefficient (Wildman–Crippen LogP) is 6.69. The van der Waals surface area contributed by atoms with Gasteiger partial charge in [-0.3, -0.25) is 9.59 Å². The van der Waals surface area contributed by atoms with Crippen molar-refractivity contribution in [2.45, 2.75) is 84.5 Å². The lowest BCUT2D eigenvalue weighted by Gasteiger charge is -2.31. The van der Waals surface area contributed by atoms with Crippen molar-refractivity contribution in [3.05, 3.63) is 63.6 Å². The van der Waals surface area contributed by atoms with E-state index in [9.17, 15) is 9.59 Å². The highest BCUT2D eigenvalue weighted by Gasteiger charge is 2.54. The molecular weight excluding hydrogens is 579 g/mol. The molecule has 2 aromatic rings. The van der Waals surface area contributed by atoms with Gasteiger partial charge in [-0.1, -0.05) is 50.0 Å². The second-order valence-electron chi connectivity index (χ2n) is 12.6. The lowest BCUT2D eigenvalue weighted by atomic mass is 9.83. The molecule has 230 valence electrons. The third-order valence-corrected chi connectivity index (χ3v) is 7.13. The Morgan fingerprint density at radius 3 is 2.36 bits per heavy atom. The minimum Gasteiger partial charge on any atom is -0.494 e. The minimum atomic E-state index is -1.52. The Hall–Kier alpha value is -2.81. The molecule has 3 rings (SSSR count). The maximum absolute atomic E-state index is 14.1. The van der Waals surface area contributed by atoms with Gasteiger partial charge in [-0.05, 0) is 75.4 Å². The minimum absolute atomic E-state index is 0.00253. The number of aliphatic hydroxyl groups excluding tert-OH is 1. The van der Waals surface area contributed by atoms with Crippen molar-refractivity contribution < 1.29 is 28.9 Å². The van der Waals surface area contributed by atoms with Gasteiger partial charge in [0, 0.05) is 47.2 Å². The number of aliphatic imine (C=N–C) groups is 1. The summed E-state index contributed by atoms with van der Waals surface area (Å²) in [6, 6.07) is 12.1. The average molecular weight is 622 g/mol. The number of hydrogen-bond donors (Lipinski definition) is 2. The van der Waals surface area contributed by atoms with Crippen LogP contribution in [0.5, 0.6) is 5.75 Å². The number of aliphatic hydroxyl groups is 1. The molecule has 2 atom stereocenters. The van der Waals surface area contributed by atoms with Gasteiger partial charge in [0.15, 0.2) is 11.6 Å². The van der Waals surface area contributed by atoms with Crippen LogP contribution in [0.15, 0.2) is 47.5 Å². The highest BCUT2D eigenvalue weighted by Crippen LogP contribution is 2.46. The zero-order chi connectivity index (χ0) is 31.1. The van der Waals surface area contributed by atoms with Crippen LogP contribution < -0.4 is 10.1 Å². The molecule has 0 saturated carbocycles. The summed E-state index contributed by atoms with van der Waals surface area (Å²) in [6.07, 6.45) is 0.283. The molecule has 1 heterocycles. The molecule has 2 N–H and O–H groups in total. The van der Waals surface area contributed by atoms with Crippen LogP contribution in [0, 0.1) is 5.41 Å². The first-order valence-electron chi connectivity index (χ1n) is 14.2. The fourth-order valence-corrected chi connectivity index (χ4v) is 4.96. The molecule has 10 heteroatoms. The largest absolute Gasteiger partial charge is 0.494 e. The van der Waals surface area contributed by atoms with Gasteiger partial charge in [0.05, 0.1) is 6.61 Å². The van der Waals surface area contributed by atoms with Gasteiger partial charge in [0.2, 0.25) is 5.90 Å².